The van der Waals surface area contributed by atoms with Crippen molar-refractivity contribution in [2.45, 2.75) is 51.4 Å². The highest BCUT2D eigenvalue weighted by atomic mass is 16.1. The normalized spacial score (nSPS) is 10.2. The molecule has 0 aliphatic rings. The molecule has 0 aromatic heterocycles. The highest BCUT2D eigenvalue weighted by Crippen LogP contribution is 2.00. The van der Waals surface area contributed by atoms with E-state index in [-0.39, 0.29) is 11.8 Å². The second kappa shape index (κ2) is 11.4. The molecule has 0 fully saturated rings. The summed E-state index contributed by atoms with van der Waals surface area (Å²) in [5.74, 6) is -0.147. The van der Waals surface area contributed by atoms with Gasteiger partial charge in [-0.2, -0.15) is 0 Å². The fraction of sp³-hybridized carbons (Fsp3) is 0.833. The summed E-state index contributed by atoms with van der Waals surface area (Å²) in [5, 5.41) is 2.86. The molecule has 5 heteroatoms. The van der Waals surface area contributed by atoms with Crippen LogP contribution in [0.25, 0.3) is 0 Å². The number of nitrogens with one attached hydrogen (secondary N) is 1. The third-order valence-corrected chi connectivity index (χ3v) is 2.53. The summed E-state index contributed by atoms with van der Waals surface area (Å²) in [5.41, 5.74) is 10.4. The second-order valence-corrected chi connectivity index (χ2v) is 4.23. The van der Waals surface area contributed by atoms with E-state index in [0.29, 0.717) is 25.9 Å². The van der Waals surface area contributed by atoms with Gasteiger partial charge >= 0.3 is 0 Å². The van der Waals surface area contributed by atoms with Crippen molar-refractivity contribution >= 4 is 11.8 Å². The number of rotatable bonds is 11. The van der Waals surface area contributed by atoms with Crippen molar-refractivity contribution in [3.8, 4) is 0 Å². The molecule has 17 heavy (non-hydrogen) atoms. The van der Waals surface area contributed by atoms with E-state index in [2.05, 4.69) is 5.32 Å². The topological polar surface area (TPSA) is 98.2 Å². The molecular weight excluding hydrogens is 218 g/mol. The Balaban J connectivity index is 3.19. The van der Waals surface area contributed by atoms with E-state index in [0.717, 1.165) is 38.5 Å². The maximum absolute atomic E-state index is 11.3. The summed E-state index contributed by atoms with van der Waals surface area (Å²) in [6, 6.07) is 0. The molecule has 0 saturated heterocycles. The molecule has 0 rings (SSSR count). The smallest absolute Gasteiger partial charge is 0.219 e. The first-order chi connectivity index (χ1) is 8.16. The molecule has 0 spiro atoms. The average molecular weight is 243 g/mol. The standard InChI is InChI=1S/C12H25N3O2/c13-9-5-1-4-8-12(17)15-10-6-2-3-7-11(14)16/h1-10,13H2,(H2,14,16)(H,15,17). The highest BCUT2D eigenvalue weighted by molar-refractivity contribution is 5.75. The van der Waals surface area contributed by atoms with Crippen molar-refractivity contribution in [1.82, 2.24) is 5.32 Å². The van der Waals surface area contributed by atoms with Crippen LogP contribution >= 0.6 is 0 Å². The first kappa shape index (κ1) is 15.9. The molecule has 100 valence electrons. The molecule has 0 bridgehead atoms. The van der Waals surface area contributed by atoms with Crippen molar-refractivity contribution in [1.29, 1.82) is 0 Å². The van der Waals surface area contributed by atoms with Crippen LogP contribution in [0.5, 0.6) is 0 Å². The van der Waals surface area contributed by atoms with Crippen LogP contribution < -0.4 is 16.8 Å². The van der Waals surface area contributed by atoms with Crippen LogP contribution in [-0.2, 0) is 9.59 Å². The minimum Gasteiger partial charge on any atom is -0.370 e. The van der Waals surface area contributed by atoms with Gasteiger partial charge in [0.1, 0.15) is 0 Å². The highest BCUT2D eigenvalue weighted by Gasteiger charge is 2.00. The zero-order valence-corrected chi connectivity index (χ0v) is 10.5. The SMILES string of the molecule is NCCCCCC(=O)NCCCCCC(N)=O. The number of nitrogens with two attached hydrogens (primary N) is 2. The van der Waals surface area contributed by atoms with Gasteiger partial charge in [-0.1, -0.05) is 12.8 Å². The third-order valence-electron chi connectivity index (χ3n) is 2.53. The Morgan fingerprint density at radius 3 is 2.18 bits per heavy atom. The maximum atomic E-state index is 11.3. The van der Waals surface area contributed by atoms with E-state index in [4.69, 9.17) is 11.5 Å². The number of amides is 2. The molecule has 0 unspecified atom stereocenters. The Hall–Kier alpha value is -1.10. The van der Waals surface area contributed by atoms with Crippen LogP contribution in [0.3, 0.4) is 0 Å². The molecule has 0 heterocycles. The maximum Gasteiger partial charge on any atom is 0.219 e. The van der Waals surface area contributed by atoms with E-state index in [1.165, 1.54) is 0 Å². The van der Waals surface area contributed by atoms with Gasteiger partial charge < -0.3 is 16.8 Å². The Labute approximate surface area is 103 Å². The molecule has 0 aliphatic carbocycles. The van der Waals surface area contributed by atoms with Gasteiger partial charge in [0.25, 0.3) is 0 Å². The van der Waals surface area contributed by atoms with Crippen LogP contribution in [-0.4, -0.2) is 24.9 Å². The van der Waals surface area contributed by atoms with Crippen LogP contribution in [0, 0.1) is 0 Å². The minimum atomic E-state index is -0.256. The summed E-state index contributed by atoms with van der Waals surface area (Å²) in [4.78, 5) is 21.8. The second-order valence-electron chi connectivity index (χ2n) is 4.23. The molecule has 5 N–H and O–H groups in total. The Bertz CT molecular complexity index is 220. The molecule has 2 amide bonds. The Kier molecular flexibility index (Phi) is 10.7. The van der Waals surface area contributed by atoms with Gasteiger partial charge in [-0.15, -0.1) is 0 Å². The minimum absolute atomic E-state index is 0.108. The van der Waals surface area contributed by atoms with Crippen LogP contribution in [0.2, 0.25) is 0 Å². The zero-order valence-electron chi connectivity index (χ0n) is 10.5. The summed E-state index contributed by atoms with van der Waals surface area (Å²) in [7, 11) is 0. The molecule has 0 aromatic rings. The summed E-state index contributed by atoms with van der Waals surface area (Å²) < 4.78 is 0. The van der Waals surface area contributed by atoms with Crippen LogP contribution in [0.4, 0.5) is 0 Å². The van der Waals surface area contributed by atoms with E-state index in [1.54, 1.807) is 0 Å². The number of hydrogen-bond acceptors (Lipinski definition) is 3. The van der Waals surface area contributed by atoms with Crippen molar-refractivity contribution in [3.05, 3.63) is 0 Å². The van der Waals surface area contributed by atoms with Gasteiger partial charge in [0, 0.05) is 19.4 Å². The Morgan fingerprint density at radius 2 is 1.53 bits per heavy atom. The predicted molar refractivity (Wildman–Crippen MR) is 68.2 cm³/mol. The fourth-order valence-electron chi connectivity index (χ4n) is 1.52. The number of carbonyl (C=O) groups is 2. The van der Waals surface area contributed by atoms with Crippen LogP contribution in [0.15, 0.2) is 0 Å². The molecule has 0 radical (unpaired) electrons. The first-order valence-corrected chi connectivity index (χ1v) is 6.42. The summed E-state index contributed by atoms with van der Waals surface area (Å²) in [6.07, 6.45) is 6.57. The van der Waals surface area contributed by atoms with Gasteiger partial charge in [0.05, 0.1) is 0 Å². The largest absolute Gasteiger partial charge is 0.370 e. The molecule has 0 aromatic carbocycles. The lowest BCUT2D eigenvalue weighted by Gasteiger charge is -2.04. The average Bonchev–Trinajstić information content (AvgIpc) is 2.29. The first-order valence-electron chi connectivity index (χ1n) is 6.42. The number of primary amides is 1. The lowest BCUT2D eigenvalue weighted by Crippen LogP contribution is -2.24. The van der Waals surface area contributed by atoms with Gasteiger partial charge in [-0.05, 0) is 32.2 Å². The van der Waals surface area contributed by atoms with Crippen molar-refractivity contribution < 1.29 is 9.59 Å². The van der Waals surface area contributed by atoms with Gasteiger partial charge in [0.15, 0.2) is 0 Å². The lowest BCUT2D eigenvalue weighted by molar-refractivity contribution is -0.121. The molecule has 5 nitrogen and oxygen atoms in total. The predicted octanol–water partition coefficient (Wildman–Crippen LogP) is 0.667. The van der Waals surface area contributed by atoms with E-state index in [9.17, 15) is 9.59 Å². The van der Waals surface area contributed by atoms with Crippen molar-refractivity contribution in [3.63, 3.8) is 0 Å². The number of carbonyl (C=O) groups excluding carboxylic acids is 2. The molecule has 0 atom stereocenters. The molecular formula is C12H25N3O2. The van der Waals surface area contributed by atoms with Crippen LogP contribution in [0.1, 0.15) is 51.4 Å². The zero-order chi connectivity index (χ0) is 12.9. The molecule has 0 aliphatic heterocycles. The van der Waals surface area contributed by atoms with E-state index >= 15 is 0 Å². The molecule has 0 saturated carbocycles. The Morgan fingerprint density at radius 1 is 0.882 bits per heavy atom. The fourth-order valence-corrected chi connectivity index (χ4v) is 1.52. The van der Waals surface area contributed by atoms with Gasteiger partial charge in [0.2, 0.25) is 11.8 Å². The van der Waals surface area contributed by atoms with E-state index < -0.39 is 0 Å². The van der Waals surface area contributed by atoms with Crippen molar-refractivity contribution in [2.24, 2.45) is 11.5 Å². The lowest BCUT2D eigenvalue weighted by atomic mass is 10.1. The third kappa shape index (κ3) is 12.8. The number of hydrogen-bond donors (Lipinski definition) is 3. The van der Waals surface area contributed by atoms with Gasteiger partial charge in [-0.25, -0.2) is 0 Å². The van der Waals surface area contributed by atoms with Crippen molar-refractivity contribution in [2.75, 3.05) is 13.1 Å². The monoisotopic (exact) mass is 243 g/mol. The summed E-state index contributed by atoms with van der Waals surface area (Å²) >= 11 is 0. The van der Waals surface area contributed by atoms with E-state index in [1.807, 2.05) is 0 Å². The summed E-state index contributed by atoms with van der Waals surface area (Å²) in [6.45, 7) is 1.38. The quantitative estimate of drug-likeness (QED) is 0.465. The number of unbranched alkanes of at least 4 members (excludes halogenated alkanes) is 4. The van der Waals surface area contributed by atoms with Gasteiger partial charge in [-0.3, -0.25) is 9.59 Å².